The number of nitrogens with zero attached hydrogens (tertiary/aromatic N) is 2. The Hall–Kier alpha value is -3.20. The zero-order valence-corrected chi connectivity index (χ0v) is 19.9. The van der Waals surface area contributed by atoms with Crippen molar-refractivity contribution in [1.82, 2.24) is 9.38 Å². The van der Waals surface area contributed by atoms with Gasteiger partial charge in [-0.05, 0) is 58.7 Å². The number of hydrogen-bond donors (Lipinski definition) is 1. The van der Waals surface area contributed by atoms with Gasteiger partial charge in [0.05, 0.1) is 36.1 Å². The van der Waals surface area contributed by atoms with E-state index in [2.05, 4.69) is 10.3 Å². The van der Waals surface area contributed by atoms with Gasteiger partial charge in [0.25, 0.3) is 0 Å². The number of carbonyl (C=O) groups excluding carboxylic acids is 3. The number of rotatable bonds is 7. The van der Waals surface area contributed by atoms with Gasteiger partial charge < -0.3 is 19.2 Å². The Labute approximate surface area is 190 Å². The Morgan fingerprint density at radius 1 is 1.19 bits per heavy atom. The topological polar surface area (TPSA) is 99.0 Å². The third-order valence-corrected chi connectivity index (χ3v) is 6.07. The fourth-order valence-electron chi connectivity index (χ4n) is 3.42. The van der Waals surface area contributed by atoms with Crippen LogP contribution < -0.4 is 5.32 Å². The van der Waals surface area contributed by atoms with Crippen molar-refractivity contribution in [2.24, 2.45) is 0 Å². The van der Waals surface area contributed by atoms with Gasteiger partial charge in [-0.1, -0.05) is 6.07 Å². The fourth-order valence-corrected chi connectivity index (χ4v) is 4.51. The van der Waals surface area contributed by atoms with Crippen LogP contribution in [0.4, 0.5) is 5.00 Å². The van der Waals surface area contributed by atoms with Gasteiger partial charge in [-0.25, -0.2) is 14.6 Å². The molecule has 0 aliphatic rings. The predicted molar refractivity (Wildman–Crippen MR) is 123 cm³/mol. The minimum absolute atomic E-state index is 0.0570. The molecule has 0 radical (unpaired) electrons. The van der Waals surface area contributed by atoms with Crippen molar-refractivity contribution in [3.05, 3.63) is 51.3 Å². The Bertz CT molecular complexity index is 1190. The first-order chi connectivity index (χ1) is 15.1. The Morgan fingerprint density at radius 3 is 2.56 bits per heavy atom. The number of pyridine rings is 1. The molecule has 0 aromatic carbocycles. The molecule has 1 amide bonds. The van der Waals surface area contributed by atoms with Gasteiger partial charge in [0.15, 0.2) is 0 Å². The first-order valence-electron chi connectivity index (χ1n) is 10.4. The van der Waals surface area contributed by atoms with E-state index in [4.69, 9.17) is 9.47 Å². The second kappa shape index (κ2) is 9.52. The molecule has 0 saturated carbocycles. The summed E-state index contributed by atoms with van der Waals surface area (Å²) >= 11 is 1.01. The smallest absolute Gasteiger partial charge is 0.348 e. The number of amides is 1. The van der Waals surface area contributed by atoms with Crippen molar-refractivity contribution in [2.45, 2.75) is 54.1 Å². The number of anilines is 1. The van der Waals surface area contributed by atoms with Crippen LogP contribution in [0.25, 0.3) is 5.65 Å². The quantitative estimate of drug-likeness (QED) is 0.533. The maximum Gasteiger partial charge on any atom is 0.348 e. The van der Waals surface area contributed by atoms with Crippen molar-refractivity contribution >= 4 is 39.8 Å². The summed E-state index contributed by atoms with van der Waals surface area (Å²) in [5, 5.41) is 3.06. The molecule has 3 rings (SSSR count). The van der Waals surface area contributed by atoms with E-state index in [0.29, 0.717) is 5.56 Å². The molecule has 3 aromatic rings. The molecule has 0 aliphatic heterocycles. The van der Waals surface area contributed by atoms with Crippen molar-refractivity contribution in [1.29, 1.82) is 0 Å². The number of nitrogens with one attached hydrogen (secondary N) is 1. The molecule has 9 heteroatoms. The number of hydrogen-bond acceptors (Lipinski definition) is 7. The largest absolute Gasteiger partial charge is 0.462 e. The molecule has 32 heavy (non-hydrogen) atoms. The molecule has 0 atom stereocenters. The molecular weight excluding hydrogens is 430 g/mol. The SMILES string of the molecule is CCOC(=O)c1c(NC(=O)Cc2c(C)nc3c(C)cccn23)sc(C(=O)OC(C)C)c1C. The number of carbonyl (C=O) groups is 3. The van der Waals surface area contributed by atoms with Crippen LogP contribution in [0.3, 0.4) is 0 Å². The second-order valence-electron chi connectivity index (χ2n) is 7.69. The molecule has 0 aliphatic carbocycles. The van der Waals surface area contributed by atoms with E-state index in [9.17, 15) is 14.4 Å². The summed E-state index contributed by atoms with van der Waals surface area (Å²) in [5.41, 5.74) is 3.91. The average molecular weight is 458 g/mol. The van der Waals surface area contributed by atoms with Crippen LogP contribution in [0.5, 0.6) is 0 Å². The second-order valence-corrected chi connectivity index (χ2v) is 8.71. The summed E-state index contributed by atoms with van der Waals surface area (Å²) in [5.74, 6) is -1.46. The van der Waals surface area contributed by atoms with Crippen LogP contribution in [-0.4, -0.2) is 39.9 Å². The average Bonchev–Trinajstić information content (AvgIpc) is 3.19. The monoisotopic (exact) mass is 457 g/mol. The van der Waals surface area contributed by atoms with Crippen LogP contribution in [0, 0.1) is 20.8 Å². The van der Waals surface area contributed by atoms with Gasteiger partial charge in [0.1, 0.15) is 15.5 Å². The van der Waals surface area contributed by atoms with Gasteiger partial charge in [-0.3, -0.25) is 4.79 Å². The molecule has 3 heterocycles. The number of ether oxygens (including phenoxy) is 2. The van der Waals surface area contributed by atoms with E-state index in [0.717, 1.165) is 33.9 Å². The molecule has 0 fully saturated rings. The third kappa shape index (κ3) is 4.67. The maximum absolute atomic E-state index is 12.9. The zero-order chi connectivity index (χ0) is 23.6. The highest BCUT2D eigenvalue weighted by atomic mass is 32.1. The highest BCUT2D eigenvalue weighted by Gasteiger charge is 2.28. The Balaban J connectivity index is 1.93. The molecule has 1 N–H and O–H groups in total. The van der Waals surface area contributed by atoms with Crippen LogP contribution in [0.15, 0.2) is 18.3 Å². The minimum Gasteiger partial charge on any atom is -0.462 e. The van der Waals surface area contributed by atoms with E-state index in [-0.39, 0.29) is 40.5 Å². The molecule has 0 saturated heterocycles. The molecule has 3 aromatic heterocycles. The van der Waals surface area contributed by atoms with E-state index in [1.165, 1.54) is 0 Å². The lowest BCUT2D eigenvalue weighted by atomic mass is 10.1. The number of fused-ring (bicyclic) bond motifs is 1. The Kier molecular flexibility index (Phi) is 6.98. The molecule has 170 valence electrons. The summed E-state index contributed by atoms with van der Waals surface area (Å²) < 4.78 is 12.3. The molecule has 8 nitrogen and oxygen atoms in total. The van der Waals surface area contributed by atoms with Gasteiger partial charge in [0, 0.05) is 6.20 Å². The van der Waals surface area contributed by atoms with E-state index in [1.54, 1.807) is 27.7 Å². The molecule has 0 bridgehead atoms. The van der Waals surface area contributed by atoms with Gasteiger partial charge in [-0.15, -0.1) is 11.3 Å². The molecule has 0 spiro atoms. The third-order valence-electron chi connectivity index (χ3n) is 4.88. The number of aromatic nitrogens is 2. The van der Waals surface area contributed by atoms with Crippen LogP contribution in [-0.2, 0) is 20.7 Å². The van der Waals surface area contributed by atoms with Crippen LogP contribution >= 0.6 is 11.3 Å². The highest BCUT2D eigenvalue weighted by Crippen LogP contribution is 2.34. The maximum atomic E-state index is 12.9. The lowest BCUT2D eigenvalue weighted by molar-refractivity contribution is -0.115. The van der Waals surface area contributed by atoms with E-state index >= 15 is 0 Å². The molecule has 0 unspecified atom stereocenters. The van der Waals surface area contributed by atoms with Crippen LogP contribution in [0.2, 0.25) is 0 Å². The van der Waals surface area contributed by atoms with Crippen LogP contribution in [0.1, 0.15) is 63.3 Å². The highest BCUT2D eigenvalue weighted by molar-refractivity contribution is 7.18. The first-order valence-corrected chi connectivity index (χ1v) is 11.2. The normalized spacial score (nSPS) is 11.1. The number of imidazole rings is 1. The Morgan fingerprint density at radius 2 is 1.91 bits per heavy atom. The summed E-state index contributed by atoms with van der Waals surface area (Å²) in [6.07, 6.45) is 1.61. The predicted octanol–water partition coefficient (Wildman–Crippen LogP) is 4.24. The summed E-state index contributed by atoms with van der Waals surface area (Å²) in [6, 6.07) is 3.86. The number of aryl methyl sites for hydroxylation is 2. The molecular formula is C23H27N3O5S. The van der Waals surface area contributed by atoms with Crippen molar-refractivity contribution < 1.29 is 23.9 Å². The number of thiophene rings is 1. The minimum atomic E-state index is -0.596. The summed E-state index contributed by atoms with van der Waals surface area (Å²) in [7, 11) is 0. The number of esters is 2. The van der Waals surface area contributed by atoms with E-state index < -0.39 is 11.9 Å². The lowest BCUT2D eigenvalue weighted by Crippen LogP contribution is -2.18. The van der Waals surface area contributed by atoms with Gasteiger partial charge in [0.2, 0.25) is 5.91 Å². The first kappa shape index (κ1) is 23.5. The standard InChI is InChI=1S/C23H27N3O5S/c1-7-30-22(28)18-14(5)19(23(29)31-12(2)3)32-21(18)25-17(27)11-16-15(6)24-20-13(4)9-8-10-26(16)20/h8-10,12H,7,11H2,1-6H3,(H,25,27). The summed E-state index contributed by atoms with van der Waals surface area (Å²) in [4.78, 5) is 42.8. The van der Waals surface area contributed by atoms with Crippen molar-refractivity contribution in [2.75, 3.05) is 11.9 Å². The van der Waals surface area contributed by atoms with Gasteiger partial charge in [-0.2, -0.15) is 0 Å². The van der Waals surface area contributed by atoms with Gasteiger partial charge >= 0.3 is 11.9 Å². The summed E-state index contributed by atoms with van der Waals surface area (Å²) in [6.45, 7) is 10.8. The lowest BCUT2D eigenvalue weighted by Gasteiger charge is -2.08. The fraction of sp³-hybridized carbons (Fsp3) is 0.391. The zero-order valence-electron chi connectivity index (χ0n) is 19.1. The van der Waals surface area contributed by atoms with E-state index in [1.807, 2.05) is 36.6 Å². The van der Waals surface area contributed by atoms with Crippen molar-refractivity contribution in [3.63, 3.8) is 0 Å². The van der Waals surface area contributed by atoms with Crippen molar-refractivity contribution in [3.8, 4) is 0 Å².